The van der Waals surface area contributed by atoms with E-state index >= 15 is 0 Å². The highest BCUT2D eigenvalue weighted by Gasteiger charge is 2.09. The van der Waals surface area contributed by atoms with E-state index in [1.165, 1.54) is 6.07 Å². The summed E-state index contributed by atoms with van der Waals surface area (Å²) in [6.07, 6.45) is 0.876. The number of hydrogen-bond donors (Lipinski definition) is 1. The second-order valence-electron chi connectivity index (χ2n) is 4.71. The molecule has 0 heterocycles. The Morgan fingerprint density at radius 3 is 2.70 bits per heavy atom. The molecule has 20 heavy (non-hydrogen) atoms. The van der Waals surface area contributed by atoms with Crippen molar-refractivity contribution in [3.63, 3.8) is 0 Å². The van der Waals surface area contributed by atoms with Crippen LogP contribution in [0.5, 0.6) is 0 Å². The summed E-state index contributed by atoms with van der Waals surface area (Å²) in [6, 6.07) is 16.4. The van der Waals surface area contributed by atoms with Crippen molar-refractivity contribution in [1.29, 1.82) is 5.26 Å². The van der Waals surface area contributed by atoms with Gasteiger partial charge in [-0.05, 0) is 41.8 Å². The number of benzene rings is 2. The molecule has 0 fully saturated rings. The Bertz CT molecular complexity index is 616. The monoisotopic (exact) mass is 268 g/mol. The van der Waals surface area contributed by atoms with Gasteiger partial charge >= 0.3 is 0 Å². The van der Waals surface area contributed by atoms with Gasteiger partial charge in [0.15, 0.2) is 0 Å². The highest BCUT2D eigenvalue weighted by atomic mass is 19.1. The predicted octanol–water partition coefficient (Wildman–Crippen LogP) is 3.94. The van der Waals surface area contributed by atoms with Gasteiger partial charge in [-0.15, -0.1) is 0 Å². The van der Waals surface area contributed by atoms with E-state index in [1.807, 2.05) is 24.3 Å². The molecule has 0 aliphatic rings. The molecule has 1 atom stereocenters. The van der Waals surface area contributed by atoms with E-state index in [0.29, 0.717) is 12.1 Å². The lowest BCUT2D eigenvalue weighted by atomic mass is 10.0. The Hall–Kier alpha value is -2.18. The van der Waals surface area contributed by atoms with Crippen LogP contribution in [0.4, 0.5) is 4.39 Å². The van der Waals surface area contributed by atoms with Crippen LogP contribution in [-0.4, -0.2) is 0 Å². The van der Waals surface area contributed by atoms with Crippen molar-refractivity contribution in [1.82, 2.24) is 5.32 Å². The fraction of sp³-hybridized carbons (Fsp3) is 0.235. The van der Waals surface area contributed by atoms with E-state index in [0.717, 1.165) is 17.5 Å². The molecule has 2 aromatic rings. The molecule has 0 saturated heterocycles. The van der Waals surface area contributed by atoms with E-state index in [4.69, 9.17) is 5.26 Å². The Balaban J connectivity index is 2.06. The summed E-state index contributed by atoms with van der Waals surface area (Å²) < 4.78 is 13.3. The molecule has 2 nitrogen and oxygen atoms in total. The zero-order chi connectivity index (χ0) is 14.4. The molecule has 0 aliphatic carbocycles. The summed E-state index contributed by atoms with van der Waals surface area (Å²) in [7, 11) is 0. The Morgan fingerprint density at radius 1 is 1.20 bits per heavy atom. The van der Waals surface area contributed by atoms with Gasteiger partial charge in [0.2, 0.25) is 0 Å². The van der Waals surface area contributed by atoms with Crippen LogP contribution < -0.4 is 5.32 Å². The van der Waals surface area contributed by atoms with Crippen LogP contribution in [-0.2, 0) is 6.54 Å². The molecule has 1 N–H and O–H groups in total. The molecule has 3 heteroatoms. The molecule has 1 unspecified atom stereocenters. The summed E-state index contributed by atoms with van der Waals surface area (Å²) >= 11 is 0. The van der Waals surface area contributed by atoms with E-state index in [1.54, 1.807) is 18.2 Å². The van der Waals surface area contributed by atoms with Crippen molar-refractivity contribution in [2.45, 2.75) is 25.9 Å². The lowest BCUT2D eigenvalue weighted by molar-refractivity contribution is 0.514. The second-order valence-corrected chi connectivity index (χ2v) is 4.71. The average molecular weight is 268 g/mol. The minimum Gasteiger partial charge on any atom is -0.306 e. The first-order chi connectivity index (χ1) is 9.72. The Kier molecular flexibility index (Phi) is 4.86. The van der Waals surface area contributed by atoms with Crippen LogP contribution in [0, 0.1) is 17.1 Å². The molecule has 0 saturated carbocycles. The molecule has 0 aliphatic heterocycles. The zero-order valence-corrected chi connectivity index (χ0v) is 11.4. The van der Waals surface area contributed by atoms with Crippen LogP contribution in [0.25, 0.3) is 0 Å². The number of rotatable bonds is 5. The summed E-state index contributed by atoms with van der Waals surface area (Å²) in [5.74, 6) is -0.214. The summed E-state index contributed by atoms with van der Waals surface area (Å²) in [5.41, 5.74) is 2.66. The van der Waals surface area contributed by atoms with Crippen molar-refractivity contribution < 1.29 is 4.39 Å². The SMILES string of the molecule is CCC(NCc1cccc(C#N)c1)c1cccc(F)c1. The van der Waals surface area contributed by atoms with Crippen molar-refractivity contribution in [2.24, 2.45) is 0 Å². The zero-order valence-electron chi connectivity index (χ0n) is 11.4. The van der Waals surface area contributed by atoms with Crippen LogP contribution >= 0.6 is 0 Å². The standard InChI is InChI=1S/C17H17FN2/c1-2-17(15-7-4-8-16(18)10-15)20-12-14-6-3-5-13(9-14)11-19/h3-10,17,20H,2,12H2,1H3. The number of hydrogen-bond acceptors (Lipinski definition) is 2. The number of nitrogens with zero attached hydrogens (tertiary/aromatic N) is 1. The smallest absolute Gasteiger partial charge is 0.123 e. The summed E-state index contributed by atoms with van der Waals surface area (Å²) in [5, 5.41) is 12.3. The van der Waals surface area contributed by atoms with Crippen molar-refractivity contribution >= 4 is 0 Å². The van der Waals surface area contributed by atoms with Gasteiger partial charge in [-0.2, -0.15) is 5.26 Å². The topological polar surface area (TPSA) is 35.8 Å². The van der Waals surface area contributed by atoms with Crippen molar-refractivity contribution in [3.05, 3.63) is 71.0 Å². The molecule has 0 spiro atoms. The molecule has 0 radical (unpaired) electrons. The Labute approximate surface area is 118 Å². The van der Waals surface area contributed by atoms with Crippen LogP contribution in [0.15, 0.2) is 48.5 Å². The normalized spacial score (nSPS) is 11.8. The van der Waals surface area contributed by atoms with Gasteiger partial charge in [0.05, 0.1) is 11.6 Å². The fourth-order valence-corrected chi connectivity index (χ4v) is 2.21. The van der Waals surface area contributed by atoms with Gasteiger partial charge in [0.25, 0.3) is 0 Å². The third kappa shape index (κ3) is 3.66. The summed E-state index contributed by atoms with van der Waals surface area (Å²) in [6.45, 7) is 2.72. The number of halogens is 1. The van der Waals surface area contributed by atoms with Crippen molar-refractivity contribution in [3.8, 4) is 6.07 Å². The lowest BCUT2D eigenvalue weighted by Gasteiger charge is -2.17. The highest BCUT2D eigenvalue weighted by molar-refractivity contribution is 5.32. The second kappa shape index (κ2) is 6.83. The Morgan fingerprint density at radius 2 is 2.00 bits per heavy atom. The lowest BCUT2D eigenvalue weighted by Crippen LogP contribution is -2.20. The summed E-state index contributed by atoms with van der Waals surface area (Å²) in [4.78, 5) is 0. The van der Waals surface area contributed by atoms with Crippen LogP contribution in [0.1, 0.15) is 36.1 Å². The third-order valence-corrected chi connectivity index (χ3v) is 3.27. The maximum Gasteiger partial charge on any atom is 0.123 e. The first-order valence-electron chi connectivity index (χ1n) is 6.71. The first-order valence-corrected chi connectivity index (χ1v) is 6.71. The highest BCUT2D eigenvalue weighted by Crippen LogP contribution is 2.18. The van der Waals surface area contributed by atoms with Crippen molar-refractivity contribution in [2.75, 3.05) is 0 Å². The van der Waals surface area contributed by atoms with Gasteiger partial charge in [-0.3, -0.25) is 0 Å². The molecular formula is C17H17FN2. The van der Waals surface area contributed by atoms with Gasteiger partial charge in [0, 0.05) is 12.6 Å². The quantitative estimate of drug-likeness (QED) is 0.891. The molecule has 0 amide bonds. The van der Waals surface area contributed by atoms with E-state index in [-0.39, 0.29) is 11.9 Å². The molecule has 0 bridgehead atoms. The average Bonchev–Trinajstić information content (AvgIpc) is 2.48. The molecular weight excluding hydrogens is 251 g/mol. The minimum absolute atomic E-state index is 0.108. The number of nitrogens with one attached hydrogen (secondary N) is 1. The maximum absolute atomic E-state index is 13.3. The van der Waals surface area contributed by atoms with E-state index < -0.39 is 0 Å². The predicted molar refractivity (Wildman–Crippen MR) is 77.4 cm³/mol. The van der Waals surface area contributed by atoms with Gasteiger partial charge in [-0.25, -0.2) is 4.39 Å². The molecule has 2 rings (SSSR count). The van der Waals surface area contributed by atoms with Gasteiger partial charge < -0.3 is 5.32 Å². The van der Waals surface area contributed by atoms with E-state index in [9.17, 15) is 4.39 Å². The largest absolute Gasteiger partial charge is 0.306 e. The number of nitriles is 1. The van der Waals surface area contributed by atoms with Crippen LogP contribution in [0.2, 0.25) is 0 Å². The maximum atomic E-state index is 13.3. The minimum atomic E-state index is -0.214. The third-order valence-electron chi connectivity index (χ3n) is 3.27. The molecule has 0 aromatic heterocycles. The van der Waals surface area contributed by atoms with E-state index in [2.05, 4.69) is 18.3 Å². The van der Waals surface area contributed by atoms with Crippen LogP contribution in [0.3, 0.4) is 0 Å². The molecule has 102 valence electrons. The van der Waals surface area contributed by atoms with Gasteiger partial charge in [-0.1, -0.05) is 31.2 Å². The first kappa shape index (κ1) is 14.2. The fourth-order valence-electron chi connectivity index (χ4n) is 2.21. The van der Waals surface area contributed by atoms with Gasteiger partial charge in [0.1, 0.15) is 5.82 Å². The molecule has 2 aromatic carbocycles.